The molecule has 7 heteroatoms. The Bertz CT molecular complexity index is 596. The Labute approximate surface area is 156 Å². The van der Waals surface area contributed by atoms with Crippen molar-refractivity contribution in [3.8, 4) is 11.5 Å². The number of carbonyl (C=O) groups is 1. The van der Waals surface area contributed by atoms with Crippen LogP contribution in [0.5, 0.6) is 11.5 Å². The zero-order valence-electron chi connectivity index (χ0n) is 17.3. The third-order valence-corrected chi connectivity index (χ3v) is 5.41. The summed E-state index contributed by atoms with van der Waals surface area (Å²) < 4.78 is 17.9. The van der Waals surface area contributed by atoms with E-state index in [1.54, 1.807) is 0 Å². The molecule has 0 bridgehead atoms. The molecular formula is C18H34O4Si3. The number of benzene rings is 1. The van der Waals surface area contributed by atoms with Crippen LogP contribution in [-0.4, -0.2) is 30.9 Å². The van der Waals surface area contributed by atoms with Crippen LogP contribution < -0.4 is 8.85 Å². The van der Waals surface area contributed by atoms with E-state index in [-0.39, 0.29) is 5.97 Å². The lowest BCUT2D eigenvalue weighted by molar-refractivity contribution is -0.135. The molecule has 0 aliphatic rings. The van der Waals surface area contributed by atoms with Crippen molar-refractivity contribution in [3.05, 3.63) is 23.8 Å². The number of hydrogen-bond donors (Lipinski definition) is 0. The van der Waals surface area contributed by atoms with Crippen molar-refractivity contribution in [1.29, 1.82) is 0 Å². The summed E-state index contributed by atoms with van der Waals surface area (Å²) in [4.78, 5) is 12.1. The zero-order chi connectivity index (χ0) is 19.5. The SMILES string of the molecule is C[Si](C)(C)OC(=O)CCc1cc(O[Si](C)(C)C)ccc1O[Si](C)(C)C. The van der Waals surface area contributed by atoms with Crippen LogP contribution in [0.1, 0.15) is 12.0 Å². The Morgan fingerprint density at radius 2 is 1.40 bits per heavy atom. The maximum Gasteiger partial charge on any atom is 0.292 e. The highest BCUT2D eigenvalue weighted by Crippen LogP contribution is 2.29. The minimum Gasteiger partial charge on any atom is -0.544 e. The van der Waals surface area contributed by atoms with Crippen molar-refractivity contribution in [2.75, 3.05) is 0 Å². The zero-order valence-corrected chi connectivity index (χ0v) is 20.3. The lowest BCUT2D eigenvalue weighted by Crippen LogP contribution is -2.31. The van der Waals surface area contributed by atoms with Crippen LogP contribution in [0.4, 0.5) is 0 Å². The van der Waals surface area contributed by atoms with E-state index in [0.717, 1.165) is 17.1 Å². The minimum atomic E-state index is -1.85. The highest BCUT2D eigenvalue weighted by Gasteiger charge is 2.23. The fourth-order valence-electron chi connectivity index (χ4n) is 2.23. The first-order chi connectivity index (χ1) is 11.1. The molecule has 1 rings (SSSR count). The molecule has 0 heterocycles. The minimum absolute atomic E-state index is 0.130. The van der Waals surface area contributed by atoms with E-state index in [1.807, 2.05) is 37.8 Å². The highest BCUT2D eigenvalue weighted by molar-refractivity contribution is 6.71. The van der Waals surface area contributed by atoms with Gasteiger partial charge >= 0.3 is 0 Å². The maximum absolute atomic E-state index is 12.1. The summed E-state index contributed by atoms with van der Waals surface area (Å²) in [6, 6.07) is 5.97. The Morgan fingerprint density at radius 1 is 0.840 bits per heavy atom. The fraction of sp³-hybridized carbons (Fsp3) is 0.611. The first kappa shape index (κ1) is 22.0. The van der Waals surface area contributed by atoms with Crippen LogP contribution in [-0.2, 0) is 15.6 Å². The molecule has 0 aliphatic carbocycles. The van der Waals surface area contributed by atoms with Crippen LogP contribution in [0.3, 0.4) is 0 Å². The van der Waals surface area contributed by atoms with E-state index in [1.165, 1.54) is 0 Å². The number of aryl methyl sites for hydroxylation is 1. The lowest BCUT2D eigenvalue weighted by atomic mass is 10.1. The van der Waals surface area contributed by atoms with Crippen molar-refractivity contribution in [1.82, 2.24) is 0 Å². The second kappa shape index (κ2) is 8.09. The summed E-state index contributed by atoms with van der Waals surface area (Å²) in [5.41, 5.74) is 1.02. The standard InChI is InChI=1S/C18H34O4Si3/c1-23(2,3)20-16-11-12-17(21-24(4,5)6)15(14-16)10-13-18(19)22-25(7,8)9/h11-12,14H,10,13H2,1-9H3. The van der Waals surface area contributed by atoms with Gasteiger partial charge in [0.2, 0.25) is 25.0 Å². The van der Waals surface area contributed by atoms with Crippen LogP contribution in [0.15, 0.2) is 18.2 Å². The van der Waals surface area contributed by atoms with Crippen LogP contribution in [0, 0.1) is 0 Å². The van der Waals surface area contributed by atoms with Gasteiger partial charge in [-0.3, -0.25) is 4.79 Å². The molecule has 0 unspecified atom stereocenters. The molecule has 0 N–H and O–H groups in total. The Hall–Kier alpha value is -1.06. The highest BCUT2D eigenvalue weighted by atomic mass is 28.4. The summed E-state index contributed by atoms with van der Waals surface area (Å²) >= 11 is 0. The molecule has 0 saturated heterocycles. The first-order valence-corrected chi connectivity index (χ1v) is 19.1. The summed E-state index contributed by atoms with van der Waals surface area (Å²) in [5.74, 6) is 1.59. The smallest absolute Gasteiger partial charge is 0.292 e. The third-order valence-electron chi connectivity index (χ3n) is 2.89. The molecule has 0 fully saturated rings. The van der Waals surface area contributed by atoms with Gasteiger partial charge in [0.25, 0.3) is 5.97 Å². The average molecular weight is 399 g/mol. The molecule has 1 aromatic rings. The van der Waals surface area contributed by atoms with Gasteiger partial charge < -0.3 is 13.3 Å². The van der Waals surface area contributed by atoms with Crippen molar-refractivity contribution < 1.29 is 18.1 Å². The molecule has 142 valence electrons. The predicted molar refractivity (Wildman–Crippen MR) is 112 cm³/mol. The van der Waals surface area contributed by atoms with Crippen molar-refractivity contribution in [3.63, 3.8) is 0 Å². The number of hydrogen-bond acceptors (Lipinski definition) is 4. The monoisotopic (exact) mass is 398 g/mol. The third kappa shape index (κ3) is 9.86. The van der Waals surface area contributed by atoms with E-state index in [9.17, 15) is 4.79 Å². The molecule has 1 aromatic carbocycles. The summed E-state index contributed by atoms with van der Waals surface area (Å²) in [5, 5.41) is 0. The summed E-state index contributed by atoms with van der Waals surface area (Å²) in [6.07, 6.45) is 0.967. The van der Waals surface area contributed by atoms with Gasteiger partial charge in [0.15, 0.2) is 0 Å². The van der Waals surface area contributed by atoms with Gasteiger partial charge in [0.05, 0.1) is 0 Å². The second-order valence-electron chi connectivity index (χ2n) is 9.28. The van der Waals surface area contributed by atoms with Gasteiger partial charge in [-0.2, -0.15) is 0 Å². The van der Waals surface area contributed by atoms with Crippen molar-refractivity contribution in [2.45, 2.75) is 71.8 Å². The van der Waals surface area contributed by atoms with E-state index in [4.69, 9.17) is 13.3 Å². The van der Waals surface area contributed by atoms with Gasteiger partial charge in [-0.1, -0.05) is 0 Å². The van der Waals surface area contributed by atoms with Gasteiger partial charge in [-0.15, -0.1) is 0 Å². The van der Waals surface area contributed by atoms with E-state index in [0.29, 0.717) is 12.8 Å². The lowest BCUT2D eigenvalue weighted by Gasteiger charge is -2.24. The van der Waals surface area contributed by atoms with Crippen molar-refractivity contribution in [2.24, 2.45) is 0 Å². The average Bonchev–Trinajstić information content (AvgIpc) is 2.33. The van der Waals surface area contributed by atoms with Crippen LogP contribution in [0.2, 0.25) is 58.9 Å². The molecule has 0 amide bonds. The summed E-state index contributed by atoms with van der Waals surface area (Å²) in [6.45, 7) is 19.0. The predicted octanol–water partition coefficient (Wildman–Crippen LogP) is 5.42. The van der Waals surface area contributed by atoms with E-state index < -0.39 is 25.0 Å². The fourth-order valence-corrected chi connectivity index (χ4v) is 4.70. The molecule has 4 nitrogen and oxygen atoms in total. The first-order valence-electron chi connectivity index (χ1n) is 8.87. The normalized spacial score (nSPS) is 12.7. The number of carbonyl (C=O) groups excluding carboxylic acids is 1. The van der Waals surface area contributed by atoms with Gasteiger partial charge in [0.1, 0.15) is 11.5 Å². The van der Waals surface area contributed by atoms with Gasteiger partial charge in [-0.05, 0) is 89.1 Å². The second-order valence-corrected chi connectivity index (χ2v) is 22.6. The van der Waals surface area contributed by atoms with Crippen LogP contribution in [0.25, 0.3) is 0 Å². The molecular weight excluding hydrogens is 364 g/mol. The Kier molecular flexibility index (Phi) is 7.12. The molecule has 0 atom stereocenters. The quantitative estimate of drug-likeness (QED) is 0.548. The largest absolute Gasteiger partial charge is 0.544 e. The molecule has 0 aromatic heterocycles. The molecule has 0 spiro atoms. The molecule has 0 aliphatic heterocycles. The maximum atomic E-state index is 12.1. The van der Waals surface area contributed by atoms with Crippen LogP contribution >= 0.6 is 0 Å². The van der Waals surface area contributed by atoms with Crippen molar-refractivity contribution >= 4 is 30.9 Å². The number of rotatable bonds is 8. The topological polar surface area (TPSA) is 44.8 Å². The molecule has 0 saturated carbocycles. The van der Waals surface area contributed by atoms with Gasteiger partial charge in [0, 0.05) is 6.42 Å². The Morgan fingerprint density at radius 3 is 1.88 bits per heavy atom. The molecule has 0 radical (unpaired) electrons. The Balaban J connectivity index is 2.97. The molecule has 25 heavy (non-hydrogen) atoms. The summed E-state index contributed by atoms with van der Waals surface area (Å²) in [7, 11) is -5.26. The van der Waals surface area contributed by atoms with E-state index in [2.05, 4.69) is 39.3 Å². The van der Waals surface area contributed by atoms with Gasteiger partial charge in [-0.25, -0.2) is 0 Å². The van der Waals surface area contributed by atoms with E-state index >= 15 is 0 Å².